The van der Waals surface area contributed by atoms with E-state index in [0.717, 1.165) is 5.69 Å². The molecule has 1 N–H and O–H groups in total. The Morgan fingerprint density at radius 1 is 0.900 bits per heavy atom. The van der Waals surface area contributed by atoms with Gasteiger partial charge in [-0.15, -0.1) is 0 Å². The summed E-state index contributed by atoms with van der Waals surface area (Å²) >= 11 is 0. The molecule has 0 unspecified atom stereocenters. The summed E-state index contributed by atoms with van der Waals surface area (Å²) in [6.45, 7) is 0.183. The van der Waals surface area contributed by atoms with Crippen molar-refractivity contribution in [3.05, 3.63) is 72.6 Å². The van der Waals surface area contributed by atoms with Gasteiger partial charge in [-0.25, -0.2) is 14.4 Å². The number of aromatic nitrogens is 3. The van der Waals surface area contributed by atoms with E-state index in [4.69, 9.17) is 14.2 Å². The molecule has 8 heteroatoms. The molecule has 0 aliphatic heterocycles. The van der Waals surface area contributed by atoms with Gasteiger partial charge in [-0.1, -0.05) is 6.07 Å². The van der Waals surface area contributed by atoms with Crippen LogP contribution in [0.5, 0.6) is 17.2 Å². The molecule has 2 heterocycles. The van der Waals surface area contributed by atoms with E-state index >= 15 is 0 Å². The molecule has 0 aliphatic rings. The van der Waals surface area contributed by atoms with Crippen molar-refractivity contribution >= 4 is 22.4 Å². The van der Waals surface area contributed by atoms with Crippen LogP contribution in [-0.2, 0) is 6.61 Å². The molecule has 0 saturated heterocycles. The summed E-state index contributed by atoms with van der Waals surface area (Å²) in [6.07, 6.45) is 3.09. The van der Waals surface area contributed by atoms with Crippen molar-refractivity contribution in [2.75, 3.05) is 19.5 Å². The molecule has 152 valence electrons. The Kier molecular flexibility index (Phi) is 5.56. The molecule has 0 spiro atoms. The lowest BCUT2D eigenvalue weighted by molar-refractivity contribution is 0.286. The van der Waals surface area contributed by atoms with Crippen LogP contribution in [0.25, 0.3) is 10.9 Å². The van der Waals surface area contributed by atoms with Gasteiger partial charge in [0.2, 0.25) is 0 Å². The van der Waals surface area contributed by atoms with Crippen LogP contribution >= 0.6 is 0 Å². The second-order valence-corrected chi connectivity index (χ2v) is 6.33. The molecule has 0 fully saturated rings. The summed E-state index contributed by atoms with van der Waals surface area (Å²) in [4.78, 5) is 12.7. The van der Waals surface area contributed by atoms with Gasteiger partial charge in [0.05, 0.1) is 25.4 Å². The fraction of sp³-hybridized carbons (Fsp3) is 0.136. The quantitative estimate of drug-likeness (QED) is 0.484. The number of anilines is 2. The number of benzene rings is 2. The van der Waals surface area contributed by atoms with Crippen molar-refractivity contribution in [1.29, 1.82) is 0 Å². The number of nitrogens with zero attached hydrogens (tertiary/aromatic N) is 3. The predicted molar refractivity (Wildman–Crippen MR) is 111 cm³/mol. The maximum Gasteiger partial charge on any atom is 0.167 e. The predicted octanol–water partition coefficient (Wildman–Crippen LogP) is 4.50. The van der Waals surface area contributed by atoms with Crippen LogP contribution in [0.3, 0.4) is 0 Å². The first-order chi connectivity index (χ1) is 14.7. The average Bonchev–Trinajstić information content (AvgIpc) is 2.78. The van der Waals surface area contributed by atoms with Gasteiger partial charge in [-0.3, -0.25) is 4.98 Å². The second-order valence-electron chi connectivity index (χ2n) is 6.33. The Morgan fingerprint density at radius 2 is 1.73 bits per heavy atom. The Morgan fingerprint density at radius 3 is 2.47 bits per heavy atom. The average molecular weight is 406 g/mol. The van der Waals surface area contributed by atoms with Crippen molar-refractivity contribution < 1.29 is 18.6 Å². The maximum absolute atomic E-state index is 14.5. The topological polar surface area (TPSA) is 78.4 Å². The summed E-state index contributed by atoms with van der Waals surface area (Å²) < 4.78 is 30.7. The molecule has 0 bridgehead atoms. The van der Waals surface area contributed by atoms with Crippen molar-refractivity contribution in [2.45, 2.75) is 6.61 Å². The number of pyridine rings is 1. The molecule has 0 amide bonds. The van der Waals surface area contributed by atoms with Crippen molar-refractivity contribution in [3.63, 3.8) is 0 Å². The van der Waals surface area contributed by atoms with Gasteiger partial charge < -0.3 is 19.5 Å². The van der Waals surface area contributed by atoms with Crippen LogP contribution in [0.2, 0.25) is 0 Å². The summed E-state index contributed by atoms with van der Waals surface area (Å²) in [5.41, 5.74) is 1.91. The summed E-state index contributed by atoms with van der Waals surface area (Å²) in [5, 5.41) is 3.84. The van der Waals surface area contributed by atoms with Crippen molar-refractivity contribution in [2.24, 2.45) is 0 Å². The van der Waals surface area contributed by atoms with Gasteiger partial charge in [0.1, 0.15) is 18.8 Å². The third kappa shape index (κ3) is 4.07. The van der Waals surface area contributed by atoms with Gasteiger partial charge in [0.15, 0.2) is 23.1 Å². The molecule has 4 aromatic rings. The smallest absolute Gasteiger partial charge is 0.167 e. The minimum atomic E-state index is -0.492. The molecule has 2 aromatic carbocycles. The van der Waals surface area contributed by atoms with E-state index in [2.05, 4.69) is 20.3 Å². The first-order valence-corrected chi connectivity index (χ1v) is 9.14. The van der Waals surface area contributed by atoms with Crippen LogP contribution in [0.15, 0.2) is 61.1 Å². The van der Waals surface area contributed by atoms with Gasteiger partial charge in [0.25, 0.3) is 0 Å². The zero-order valence-corrected chi connectivity index (χ0v) is 16.4. The highest BCUT2D eigenvalue weighted by atomic mass is 19.1. The van der Waals surface area contributed by atoms with E-state index in [-0.39, 0.29) is 12.4 Å². The van der Waals surface area contributed by atoms with Crippen LogP contribution < -0.4 is 19.5 Å². The van der Waals surface area contributed by atoms with Gasteiger partial charge in [-0.05, 0) is 30.3 Å². The molecule has 2 aromatic heterocycles. The number of fused-ring (bicyclic) bond motifs is 1. The van der Waals surface area contributed by atoms with Crippen LogP contribution in [0.1, 0.15) is 5.69 Å². The minimum absolute atomic E-state index is 0.144. The largest absolute Gasteiger partial charge is 0.493 e. The number of halogens is 1. The third-order valence-electron chi connectivity index (χ3n) is 4.44. The van der Waals surface area contributed by atoms with E-state index < -0.39 is 5.82 Å². The first-order valence-electron chi connectivity index (χ1n) is 9.14. The molecule has 0 aliphatic carbocycles. The molecule has 4 rings (SSSR count). The van der Waals surface area contributed by atoms with Crippen molar-refractivity contribution in [3.8, 4) is 17.2 Å². The molecule has 0 radical (unpaired) electrons. The zero-order chi connectivity index (χ0) is 20.9. The monoisotopic (exact) mass is 406 g/mol. The van der Waals surface area contributed by atoms with Crippen molar-refractivity contribution in [1.82, 2.24) is 15.0 Å². The normalized spacial score (nSPS) is 10.6. The number of hydrogen-bond donors (Lipinski definition) is 1. The van der Waals surface area contributed by atoms with E-state index in [0.29, 0.717) is 33.9 Å². The third-order valence-corrected chi connectivity index (χ3v) is 4.44. The minimum Gasteiger partial charge on any atom is -0.493 e. The Hall–Kier alpha value is -3.94. The Balaban J connectivity index is 1.57. The summed E-state index contributed by atoms with van der Waals surface area (Å²) in [5.74, 6) is 1.28. The fourth-order valence-corrected chi connectivity index (χ4v) is 2.95. The van der Waals surface area contributed by atoms with Gasteiger partial charge in [0, 0.05) is 29.4 Å². The number of nitrogens with one attached hydrogen (secondary N) is 1. The van der Waals surface area contributed by atoms with Crippen LogP contribution in [0.4, 0.5) is 15.9 Å². The standard InChI is InChI=1S/C22H19FN4O3/c1-28-20-10-16-18(11-21(20)29-2)25-13-26-22(16)27-14-6-7-19(17(23)9-14)30-12-15-5-3-4-8-24-15/h3-11,13H,12H2,1-2H3,(H,25,26,27). The highest BCUT2D eigenvalue weighted by Crippen LogP contribution is 2.34. The number of rotatable bonds is 7. The summed E-state index contributed by atoms with van der Waals surface area (Å²) in [6, 6.07) is 13.6. The number of ether oxygens (including phenoxy) is 3. The molecule has 0 atom stereocenters. The lowest BCUT2D eigenvalue weighted by atomic mass is 10.2. The highest BCUT2D eigenvalue weighted by Gasteiger charge is 2.12. The SMILES string of the molecule is COc1cc2ncnc(Nc3ccc(OCc4ccccn4)c(F)c3)c2cc1OC. The second kappa shape index (κ2) is 8.60. The summed E-state index contributed by atoms with van der Waals surface area (Å²) in [7, 11) is 3.12. The zero-order valence-electron chi connectivity index (χ0n) is 16.4. The lowest BCUT2D eigenvalue weighted by Crippen LogP contribution is -2.01. The van der Waals surface area contributed by atoms with E-state index in [1.165, 1.54) is 12.4 Å². The molecule has 7 nitrogen and oxygen atoms in total. The van der Waals surface area contributed by atoms with Gasteiger partial charge in [-0.2, -0.15) is 0 Å². The molecular weight excluding hydrogens is 387 g/mol. The fourth-order valence-electron chi connectivity index (χ4n) is 2.95. The van der Waals surface area contributed by atoms with E-state index in [9.17, 15) is 4.39 Å². The number of methoxy groups -OCH3 is 2. The number of hydrogen-bond acceptors (Lipinski definition) is 7. The molecular formula is C22H19FN4O3. The maximum atomic E-state index is 14.5. The van der Waals surface area contributed by atoms with E-state index in [1.54, 1.807) is 44.7 Å². The van der Waals surface area contributed by atoms with E-state index in [1.807, 2.05) is 18.2 Å². The molecule has 0 saturated carbocycles. The molecule has 30 heavy (non-hydrogen) atoms. The van der Waals surface area contributed by atoms with Crippen LogP contribution in [-0.4, -0.2) is 29.2 Å². The highest BCUT2D eigenvalue weighted by molar-refractivity contribution is 5.93. The lowest BCUT2D eigenvalue weighted by Gasteiger charge is -2.13. The Labute approximate surface area is 172 Å². The first kappa shape index (κ1) is 19.4. The van der Waals surface area contributed by atoms with Gasteiger partial charge >= 0.3 is 0 Å². The Bertz CT molecular complexity index is 1170. The van der Waals surface area contributed by atoms with Crippen LogP contribution in [0, 0.1) is 5.82 Å².